The maximum absolute atomic E-state index is 5.54. The number of hydrogen-bond donors (Lipinski definition) is 1. The highest BCUT2D eigenvalue weighted by Crippen LogP contribution is 2.13. The van der Waals surface area contributed by atoms with Crippen LogP contribution in [0.1, 0.15) is 32.5 Å². The molecule has 2 aromatic rings. The molecule has 0 aliphatic carbocycles. The van der Waals surface area contributed by atoms with Crippen LogP contribution in [0, 0.1) is 0 Å². The summed E-state index contributed by atoms with van der Waals surface area (Å²) in [6.07, 6.45) is 1.86. The standard InChI is InChI=1S/C17H27N3O2/c1-4-21-17(22-5-2)11-8-12-18-13-16-19-14-9-6-7-10-15(14)20(16)3/h6-7,9-10,17-18H,4-5,8,11-13H2,1-3H3. The number of benzene rings is 1. The van der Waals surface area contributed by atoms with E-state index in [9.17, 15) is 0 Å². The van der Waals surface area contributed by atoms with Crippen LogP contribution in [-0.4, -0.2) is 35.6 Å². The van der Waals surface area contributed by atoms with Gasteiger partial charge in [-0.25, -0.2) is 4.98 Å². The quantitative estimate of drug-likeness (QED) is 0.542. The van der Waals surface area contributed by atoms with Gasteiger partial charge in [0.2, 0.25) is 0 Å². The van der Waals surface area contributed by atoms with Crippen LogP contribution in [0.5, 0.6) is 0 Å². The number of para-hydroxylation sites is 2. The van der Waals surface area contributed by atoms with E-state index in [1.165, 1.54) is 5.52 Å². The molecule has 5 nitrogen and oxygen atoms in total. The molecule has 0 unspecified atom stereocenters. The average Bonchev–Trinajstić information content (AvgIpc) is 2.84. The summed E-state index contributed by atoms with van der Waals surface area (Å²) in [5.74, 6) is 1.06. The van der Waals surface area contributed by atoms with Crippen LogP contribution >= 0.6 is 0 Å². The van der Waals surface area contributed by atoms with Crippen LogP contribution in [0.15, 0.2) is 24.3 Å². The third-order valence-electron chi connectivity index (χ3n) is 3.66. The molecule has 1 aromatic carbocycles. The van der Waals surface area contributed by atoms with E-state index in [1.807, 2.05) is 32.0 Å². The number of rotatable bonds is 10. The molecule has 0 amide bonds. The number of fused-ring (bicyclic) bond motifs is 1. The molecule has 0 radical (unpaired) electrons. The van der Waals surface area contributed by atoms with Crippen molar-refractivity contribution < 1.29 is 9.47 Å². The highest BCUT2D eigenvalue weighted by molar-refractivity contribution is 5.75. The molecule has 0 aliphatic heterocycles. The van der Waals surface area contributed by atoms with E-state index in [4.69, 9.17) is 9.47 Å². The fraction of sp³-hybridized carbons (Fsp3) is 0.588. The maximum atomic E-state index is 5.54. The normalized spacial score (nSPS) is 11.6. The summed E-state index contributed by atoms with van der Waals surface area (Å²) in [5.41, 5.74) is 2.22. The van der Waals surface area contributed by atoms with Gasteiger partial charge in [0.25, 0.3) is 0 Å². The first-order valence-electron chi connectivity index (χ1n) is 8.10. The van der Waals surface area contributed by atoms with E-state index in [1.54, 1.807) is 0 Å². The number of aromatic nitrogens is 2. The van der Waals surface area contributed by atoms with Crippen molar-refractivity contribution in [2.24, 2.45) is 7.05 Å². The highest BCUT2D eigenvalue weighted by atomic mass is 16.7. The van der Waals surface area contributed by atoms with Crippen molar-refractivity contribution in [3.05, 3.63) is 30.1 Å². The second kappa shape index (κ2) is 8.88. The smallest absolute Gasteiger partial charge is 0.157 e. The van der Waals surface area contributed by atoms with Gasteiger partial charge < -0.3 is 19.4 Å². The molecular weight excluding hydrogens is 278 g/mol. The Hall–Kier alpha value is -1.43. The minimum Gasteiger partial charge on any atom is -0.353 e. The first-order valence-corrected chi connectivity index (χ1v) is 8.10. The van der Waals surface area contributed by atoms with Crippen LogP contribution in [0.2, 0.25) is 0 Å². The van der Waals surface area contributed by atoms with Crippen molar-refractivity contribution in [3.63, 3.8) is 0 Å². The third-order valence-corrected chi connectivity index (χ3v) is 3.66. The van der Waals surface area contributed by atoms with Crippen molar-refractivity contribution >= 4 is 11.0 Å². The molecule has 0 saturated heterocycles. The predicted octanol–water partition coefficient (Wildman–Crippen LogP) is 2.84. The Morgan fingerprint density at radius 1 is 1.18 bits per heavy atom. The van der Waals surface area contributed by atoms with Crippen LogP contribution in [0.3, 0.4) is 0 Å². The predicted molar refractivity (Wildman–Crippen MR) is 88.7 cm³/mol. The Morgan fingerprint density at radius 3 is 2.59 bits per heavy atom. The molecule has 0 atom stereocenters. The summed E-state index contributed by atoms with van der Waals surface area (Å²) in [5, 5.41) is 3.45. The summed E-state index contributed by atoms with van der Waals surface area (Å²) in [6.45, 7) is 7.08. The van der Waals surface area contributed by atoms with Crippen LogP contribution in [-0.2, 0) is 23.1 Å². The van der Waals surface area contributed by atoms with E-state index >= 15 is 0 Å². The number of nitrogens with one attached hydrogen (secondary N) is 1. The lowest BCUT2D eigenvalue weighted by molar-refractivity contribution is -0.139. The van der Waals surface area contributed by atoms with Gasteiger partial charge in [-0.1, -0.05) is 12.1 Å². The van der Waals surface area contributed by atoms with E-state index in [-0.39, 0.29) is 6.29 Å². The Kier molecular flexibility index (Phi) is 6.83. The van der Waals surface area contributed by atoms with Gasteiger partial charge in [-0.2, -0.15) is 0 Å². The first-order chi connectivity index (χ1) is 10.8. The molecule has 0 saturated carbocycles. The molecule has 2 rings (SSSR count). The summed E-state index contributed by atoms with van der Waals surface area (Å²) in [6, 6.07) is 8.21. The Labute approximate surface area is 132 Å². The summed E-state index contributed by atoms with van der Waals surface area (Å²) in [4.78, 5) is 4.65. The number of nitrogens with zero attached hydrogens (tertiary/aromatic N) is 2. The molecule has 0 bridgehead atoms. The lowest BCUT2D eigenvalue weighted by atomic mass is 10.3. The fourth-order valence-electron chi connectivity index (χ4n) is 2.53. The van der Waals surface area contributed by atoms with Crippen molar-refractivity contribution in [1.29, 1.82) is 0 Å². The number of imidazole rings is 1. The molecule has 5 heteroatoms. The minimum atomic E-state index is -0.0763. The topological polar surface area (TPSA) is 48.3 Å². The first kappa shape index (κ1) is 16.9. The van der Waals surface area contributed by atoms with Gasteiger partial charge >= 0.3 is 0 Å². The van der Waals surface area contributed by atoms with Gasteiger partial charge in [0.15, 0.2) is 6.29 Å². The van der Waals surface area contributed by atoms with Crippen molar-refractivity contribution in [3.8, 4) is 0 Å². The largest absolute Gasteiger partial charge is 0.353 e. The zero-order valence-electron chi connectivity index (χ0n) is 13.8. The summed E-state index contributed by atoms with van der Waals surface area (Å²) in [7, 11) is 2.06. The monoisotopic (exact) mass is 305 g/mol. The van der Waals surface area contributed by atoms with E-state index in [2.05, 4.69) is 28.0 Å². The van der Waals surface area contributed by atoms with Gasteiger partial charge in [-0.05, 0) is 45.4 Å². The number of hydrogen-bond acceptors (Lipinski definition) is 4. The fourth-order valence-corrected chi connectivity index (χ4v) is 2.53. The zero-order valence-corrected chi connectivity index (χ0v) is 13.8. The van der Waals surface area contributed by atoms with Crippen LogP contribution in [0.4, 0.5) is 0 Å². The summed E-state index contributed by atoms with van der Waals surface area (Å²) >= 11 is 0. The molecule has 22 heavy (non-hydrogen) atoms. The average molecular weight is 305 g/mol. The lowest BCUT2D eigenvalue weighted by Gasteiger charge is -2.16. The highest BCUT2D eigenvalue weighted by Gasteiger charge is 2.08. The molecule has 122 valence electrons. The Balaban J connectivity index is 1.75. The number of ether oxygens (including phenoxy) is 2. The Morgan fingerprint density at radius 2 is 1.91 bits per heavy atom. The van der Waals surface area contributed by atoms with Crippen LogP contribution in [0.25, 0.3) is 11.0 Å². The SMILES string of the molecule is CCOC(CCCNCc1nc2ccccc2n1C)OCC. The maximum Gasteiger partial charge on any atom is 0.157 e. The minimum absolute atomic E-state index is 0.0763. The van der Waals surface area contributed by atoms with Crippen LogP contribution < -0.4 is 5.32 Å². The van der Waals surface area contributed by atoms with E-state index in [0.717, 1.165) is 37.3 Å². The van der Waals surface area contributed by atoms with Crippen molar-refractivity contribution in [1.82, 2.24) is 14.9 Å². The zero-order chi connectivity index (χ0) is 15.8. The second-order valence-corrected chi connectivity index (χ2v) is 5.24. The van der Waals surface area contributed by atoms with Gasteiger partial charge in [-0.15, -0.1) is 0 Å². The number of aryl methyl sites for hydroxylation is 1. The second-order valence-electron chi connectivity index (χ2n) is 5.24. The van der Waals surface area contributed by atoms with Gasteiger partial charge in [0, 0.05) is 20.3 Å². The van der Waals surface area contributed by atoms with E-state index < -0.39 is 0 Å². The molecule has 0 aliphatic rings. The molecule has 1 N–H and O–H groups in total. The summed E-state index contributed by atoms with van der Waals surface area (Å²) < 4.78 is 13.2. The molecule has 1 aromatic heterocycles. The van der Waals surface area contributed by atoms with Gasteiger partial charge in [0.1, 0.15) is 5.82 Å². The van der Waals surface area contributed by atoms with Gasteiger partial charge in [-0.3, -0.25) is 0 Å². The molecule has 0 spiro atoms. The Bertz CT molecular complexity index is 562. The molecule has 1 heterocycles. The van der Waals surface area contributed by atoms with Crippen molar-refractivity contribution in [2.45, 2.75) is 39.5 Å². The molecule has 0 fully saturated rings. The van der Waals surface area contributed by atoms with Gasteiger partial charge in [0.05, 0.1) is 17.6 Å². The van der Waals surface area contributed by atoms with E-state index in [0.29, 0.717) is 13.2 Å². The third kappa shape index (κ3) is 4.53. The molecular formula is C17H27N3O2. The van der Waals surface area contributed by atoms with Crippen molar-refractivity contribution in [2.75, 3.05) is 19.8 Å². The lowest BCUT2D eigenvalue weighted by Crippen LogP contribution is -2.22.